The van der Waals surface area contributed by atoms with Crippen LogP contribution >= 0.6 is 11.3 Å². The van der Waals surface area contributed by atoms with Gasteiger partial charge in [0.1, 0.15) is 0 Å². The summed E-state index contributed by atoms with van der Waals surface area (Å²) >= 11 is 1.87. The molecule has 8 heteroatoms. The Kier molecular flexibility index (Phi) is 6.22. The molecule has 0 aromatic carbocycles. The van der Waals surface area contributed by atoms with Gasteiger partial charge in [-0.25, -0.2) is 10.2 Å². The molecule has 166 valence electrons. The van der Waals surface area contributed by atoms with Crippen LogP contribution in [-0.4, -0.2) is 59.1 Å². The number of thiophene rings is 1. The van der Waals surface area contributed by atoms with Crippen molar-refractivity contribution in [1.82, 2.24) is 31.0 Å². The number of piperidine rings is 2. The molecule has 3 saturated heterocycles. The first kappa shape index (κ1) is 20.9. The van der Waals surface area contributed by atoms with Gasteiger partial charge in [-0.2, -0.15) is 0 Å². The van der Waals surface area contributed by atoms with Gasteiger partial charge in [0.2, 0.25) is 0 Å². The highest BCUT2D eigenvalue weighted by molar-refractivity contribution is 7.11. The number of hydrogen-bond donors (Lipinski definition) is 3. The van der Waals surface area contributed by atoms with Crippen molar-refractivity contribution < 1.29 is 4.79 Å². The highest BCUT2D eigenvalue weighted by atomic mass is 32.1. The molecule has 7 nitrogen and oxygen atoms in total. The van der Waals surface area contributed by atoms with Gasteiger partial charge in [-0.1, -0.05) is 0 Å². The van der Waals surface area contributed by atoms with Crippen LogP contribution in [-0.2, 0) is 6.54 Å². The van der Waals surface area contributed by atoms with Crippen LogP contribution < -0.4 is 16.2 Å². The van der Waals surface area contributed by atoms with Gasteiger partial charge in [0.05, 0.1) is 6.04 Å². The summed E-state index contributed by atoms with van der Waals surface area (Å²) in [5.41, 5.74) is 8.11. The first-order chi connectivity index (χ1) is 15.2. The van der Waals surface area contributed by atoms with E-state index in [1.807, 2.05) is 28.6 Å². The Morgan fingerprint density at radius 2 is 2.03 bits per heavy atom. The predicted octanol–water partition coefficient (Wildman–Crippen LogP) is 2.67. The number of aryl methyl sites for hydroxylation is 1. The van der Waals surface area contributed by atoms with Crippen molar-refractivity contribution in [3.63, 3.8) is 0 Å². The molecule has 2 aromatic rings. The third-order valence-electron chi connectivity index (χ3n) is 6.87. The van der Waals surface area contributed by atoms with Crippen LogP contribution in [0.3, 0.4) is 0 Å². The Morgan fingerprint density at radius 1 is 1.16 bits per heavy atom. The minimum atomic E-state index is 0.0950. The Hall–Kier alpha value is -2.00. The molecule has 0 radical (unpaired) electrons. The van der Waals surface area contributed by atoms with Gasteiger partial charge in [-0.05, 0) is 62.6 Å². The fourth-order valence-electron chi connectivity index (χ4n) is 5.26. The van der Waals surface area contributed by atoms with Crippen LogP contribution in [0.15, 0.2) is 36.7 Å². The molecule has 2 amide bonds. The number of hydrazine groups is 1. The van der Waals surface area contributed by atoms with Gasteiger partial charge in [0.25, 0.3) is 0 Å². The van der Waals surface area contributed by atoms with Gasteiger partial charge < -0.3 is 10.2 Å². The number of carbonyl (C=O) groups excluding carboxylic acids is 1. The van der Waals surface area contributed by atoms with Crippen LogP contribution in [0.5, 0.6) is 0 Å². The number of nitrogens with one attached hydrogen (secondary N) is 3. The number of pyridine rings is 1. The van der Waals surface area contributed by atoms with Crippen LogP contribution in [0.25, 0.3) is 0 Å². The largest absolute Gasteiger partial charge is 0.334 e. The fourth-order valence-corrected chi connectivity index (χ4v) is 6.19. The predicted molar refractivity (Wildman–Crippen MR) is 123 cm³/mol. The molecule has 3 N–H and O–H groups in total. The normalized spacial score (nSPS) is 29.0. The van der Waals surface area contributed by atoms with Crippen molar-refractivity contribution in [2.75, 3.05) is 26.2 Å². The zero-order valence-electron chi connectivity index (χ0n) is 18.1. The summed E-state index contributed by atoms with van der Waals surface area (Å²) in [5.74, 6) is 0.367. The summed E-state index contributed by atoms with van der Waals surface area (Å²) in [5, 5.41) is 3.34. The third-order valence-corrected chi connectivity index (χ3v) is 7.86. The quantitative estimate of drug-likeness (QED) is 0.682. The van der Waals surface area contributed by atoms with E-state index in [0.29, 0.717) is 12.0 Å². The summed E-state index contributed by atoms with van der Waals surface area (Å²) < 4.78 is 0. The SMILES string of the molecule is Cc1ccc(CN2CCC[C@@H](NC(=O)N3CCC4NNC(c5ccncc5)C4C3)C2)s1. The van der Waals surface area contributed by atoms with Crippen molar-refractivity contribution >= 4 is 17.4 Å². The minimum absolute atomic E-state index is 0.0950. The van der Waals surface area contributed by atoms with E-state index in [4.69, 9.17) is 0 Å². The van der Waals surface area contributed by atoms with E-state index in [1.165, 1.54) is 15.3 Å². The molecule has 0 bridgehead atoms. The molecular weight excluding hydrogens is 408 g/mol. The highest BCUT2D eigenvalue weighted by Gasteiger charge is 2.41. The van der Waals surface area contributed by atoms with E-state index in [0.717, 1.165) is 52.0 Å². The summed E-state index contributed by atoms with van der Waals surface area (Å²) in [6, 6.07) is 9.49. The second-order valence-corrected chi connectivity index (χ2v) is 10.5. The Balaban J connectivity index is 1.17. The summed E-state index contributed by atoms with van der Waals surface area (Å²) in [6.07, 6.45) is 6.85. The smallest absolute Gasteiger partial charge is 0.317 e. The maximum Gasteiger partial charge on any atom is 0.317 e. The molecule has 31 heavy (non-hydrogen) atoms. The topological polar surface area (TPSA) is 72.5 Å². The monoisotopic (exact) mass is 440 g/mol. The van der Waals surface area contributed by atoms with Crippen LogP contribution in [0.1, 0.15) is 40.6 Å². The van der Waals surface area contributed by atoms with Crippen molar-refractivity contribution in [2.24, 2.45) is 5.92 Å². The lowest BCUT2D eigenvalue weighted by atomic mass is 9.85. The van der Waals surface area contributed by atoms with Crippen LogP contribution in [0.2, 0.25) is 0 Å². The molecule has 3 aliphatic rings. The Morgan fingerprint density at radius 3 is 2.84 bits per heavy atom. The molecule has 3 fully saturated rings. The Labute approximate surface area is 188 Å². The van der Waals surface area contributed by atoms with E-state index in [-0.39, 0.29) is 18.1 Å². The van der Waals surface area contributed by atoms with Crippen molar-refractivity contribution in [1.29, 1.82) is 0 Å². The Bertz CT molecular complexity index is 889. The number of aromatic nitrogens is 1. The van der Waals surface area contributed by atoms with E-state index in [1.54, 1.807) is 0 Å². The standard InChI is InChI=1S/C23H32N6OS/c1-16-4-5-19(31-16)14-28-11-2-3-18(13-28)25-23(30)29-12-8-21-20(15-29)22(27-26-21)17-6-9-24-10-7-17/h4-7,9-10,18,20-22,26-27H,2-3,8,11-15H2,1H3,(H,25,30)/t18-,20?,21?,22?/m1/s1. The zero-order valence-corrected chi connectivity index (χ0v) is 18.9. The number of carbonyl (C=O) groups is 1. The summed E-state index contributed by atoms with van der Waals surface area (Å²) in [7, 11) is 0. The van der Waals surface area contributed by atoms with E-state index in [9.17, 15) is 4.79 Å². The lowest BCUT2D eigenvalue weighted by Gasteiger charge is -2.38. The second-order valence-electron chi connectivity index (χ2n) is 9.09. The molecule has 0 spiro atoms. The molecule has 5 rings (SSSR count). The first-order valence-corrected chi connectivity index (χ1v) is 12.2. The molecule has 0 aliphatic carbocycles. The number of nitrogens with zero attached hydrogens (tertiary/aromatic N) is 3. The third kappa shape index (κ3) is 4.77. The van der Waals surface area contributed by atoms with Crippen molar-refractivity contribution in [3.05, 3.63) is 52.0 Å². The molecular formula is C23H32N6OS. The van der Waals surface area contributed by atoms with Gasteiger partial charge in [-0.3, -0.25) is 15.3 Å². The second kappa shape index (κ2) is 9.24. The van der Waals surface area contributed by atoms with Crippen molar-refractivity contribution in [3.8, 4) is 0 Å². The summed E-state index contributed by atoms with van der Waals surface area (Å²) in [4.78, 5) is 24.5. The minimum Gasteiger partial charge on any atom is -0.334 e. The molecule has 3 aliphatic heterocycles. The number of fused-ring (bicyclic) bond motifs is 1. The lowest BCUT2D eigenvalue weighted by molar-refractivity contribution is 0.139. The van der Waals surface area contributed by atoms with E-state index in [2.05, 4.69) is 57.2 Å². The first-order valence-electron chi connectivity index (χ1n) is 11.4. The molecule has 3 unspecified atom stereocenters. The average molecular weight is 441 g/mol. The summed E-state index contributed by atoms with van der Waals surface area (Å²) in [6.45, 7) is 6.77. The average Bonchev–Trinajstić information content (AvgIpc) is 3.40. The van der Waals surface area contributed by atoms with Crippen LogP contribution in [0, 0.1) is 12.8 Å². The van der Waals surface area contributed by atoms with E-state index >= 15 is 0 Å². The van der Waals surface area contributed by atoms with E-state index < -0.39 is 0 Å². The molecule has 0 saturated carbocycles. The maximum atomic E-state index is 13.1. The number of urea groups is 1. The number of hydrogen-bond acceptors (Lipinski definition) is 6. The van der Waals surface area contributed by atoms with Gasteiger partial charge in [-0.15, -0.1) is 11.3 Å². The molecule has 4 atom stereocenters. The zero-order chi connectivity index (χ0) is 21.2. The highest BCUT2D eigenvalue weighted by Crippen LogP contribution is 2.33. The number of likely N-dealkylation sites (tertiary alicyclic amines) is 2. The van der Waals surface area contributed by atoms with Crippen LogP contribution in [0.4, 0.5) is 4.79 Å². The van der Waals surface area contributed by atoms with Crippen molar-refractivity contribution in [2.45, 2.75) is 50.9 Å². The fraction of sp³-hybridized carbons (Fsp3) is 0.565. The molecule has 5 heterocycles. The maximum absolute atomic E-state index is 13.1. The molecule has 2 aromatic heterocycles. The van der Waals surface area contributed by atoms with Gasteiger partial charge >= 0.3 is 6.03 Å². The number of amides is 2. The van der Waals surface area contributed by atoms with Gasteiger partial charge in [0, 0.05) is 66.3 Å². The van der Waals surface area contributed by atoms with Gasteiger partial charge in [0.15, 0.2) is 0 Å². The number of rotatable bonds is 4. The lowest BCUT2D eigenvalue weighted by Crippen LogP contribution is -2.55.